The van der Waals surface area contributed by atoms with E-state index in [9.17, 15) is 0 Å². The summed E-state index contributed by atoms with van der Waals surface area (Å²) in [5, 5.41) is 3.68. The van der Waals surface area contributed by atoms with Crippen LogP contribution in [-0.4, -0.2) is 31.1 Å². The molecule has 1 rings (SSSR count). The van der Waals surface area contributed by atoms with Crippen LogP contribution in [0.15, 0.2) is 30.3 Å². The van der Waals surface area contributed by atoms with Gasteiger partial charge in [-0.25, -0.2) is 0 Å². The van der Waals surface area contributed by atoms with Crippen LogP contribution >= 0.6 is 0 Å². The molecule has 0 heterocycles. The van der Waals surface area contributed by atoms with Crippen molar-refractivity contribution in [3.05, 3.63) is 35.9 Å². The summed E-state index contributed by atoms with van der Waals surface area (Å²) in [6.45, 7) is 11.3. The fourth-order valence-electron chi connectivity index (χ4n) is 2.91. The molecule has 1 N–H and O–H groups in total. The van der Waals surface area contributed by atoms with Crippen molar-refractivity contribution in [1.29, 1.82) is 0 Å². The summed E-state index contributed by atoms with van der Waals surface area (Å²) in [6.07, 6.45) is 2.41. The normalized spacial score (nSPS) is 16.1. The molecule has 0 bridgehead atoms. The summed E-state index contributed by atoms with van der Waals surface area (Å²) in [5.74, 6) is 0.757. The molecule has 20 heavy (non-hydrogen) atoms. The standard InChI is InChI=1S/C18H32N2/c1-6-15(4)14-20(5)17(7-2)18(19-8-3)16-12-10-9-11-13-16/h9-13,15,17-19H,6-8,14H2,1-5H3. The van der Waals surface area contributed by atoms with Gasteiger partial charge >= 0.3 is 0 Å². The molecule has 0 aliphatic heterocycles. The van der Waals surface area contributed by atoms with E-state index in [0.29, 0.717) is 12.1 Å². The Kier molecular flexibility index (Phi) is 7.86. The fourth-order valence-corrected chi connectivity index (χ4v) is 2.91. The zero-order valence-electron chi connectivity index (χ0n) is 13.9. The topological polar surface area (TPSA) is 15.3 Å². The smallest absolute Gasteiger partial charge is 0.0477 e. The Hall–Kier alpha value is -0.860. The minimum Gasteiger partial charge on any atom is -0.309 e. The van der Waals surface area contributed by atoms with Gasteiger partial charge in [0.1, 0.15) is 0 Å². The molecule has 3 atom stereocenters. The van der Waals surface area contributed by atoms with Gasteiger partial charge in [0.15, 0.2) is 0 Å². The number of hydrogen-bond donors (Lipinski definition) is 1. The zero-order valence-corrected chi connectivity index (χ0v) is 13.9. The highest BCUT2D eigenvalue weighted by Gasteiger charge is 2.25. The summed E-state index contributed by atoms with van der Waals surface area (Å²) in [5.41, 5.74) is 1.40. The van der Waals surface area contributed by atoms with Crippen LogP contribution in [0, 0.1) is 5.92 Å². The van der Waals surface area contributed by atoms with Crippen molar-refractivity contribution in [2.75, 3.05) is 20.1 Å². The first kappa shape index (κ1) is 17.2. The van der Waals surface area contributed by atoms with Crippen molar-refractivity contribution in [2.45, 2.75) is 52.6 Å². The highest BCUT2D eigenvalue weighted by molar-refractivity contribution is 5.20. The minimum absolute atomic E-state index is 0.417. The third-order valence-electron chi connectivity index (χ3n) is 4.25. The lowest BCUT2D eigenvalue weighted by Crippen LogP contribution is -2.44. The van der Waals surface area contributed by atoms with Crippen LogP contribution in [0.2, 0.25) is 0 Å². The maximum atomic E-state index is 3.68. The van der Waals surface area contributed by atoms with E-state index in [1.807, 2.05) is 0 Å². The minimum atomic E-state index is 0.417. The van der Waals surface area contributed by atoms with E-state index in [4.69, 9.17) is 0 Å². The molecule has 0 amide bonds. The van der Waals surface area contributed by atoms with Gasteiger partial charge in [-0.15, -0.1) is 0 Å². The summed E-state index contributed by atoms with van der Waals surface area (Å²) in [7, 11) is 2.27. The van der Waals surface area contributed by atoms with Gasteiger partial charge in [0, 0.05) is 18.6 Å². The Morgan fingerprint density at radius 3 is 2.20 bits per heavy atom. The lowest BCUT2D eigenvalue weighted by atomic mass is 9.95. The summed E-state index contributed by atoms with van der Waals surface area (Å²) < 4.78 is 0. The van der Waals surface area contributed by atoms with Gasteiger partial charge in [-0.3, -0.25) is 0 Å². The van der Waals surface area contributed by atoms with Gasteiger partial charge in [0.05, 0.1) is 0 Å². The van der Waals surface area contributed by atoms with Crippen LogP contribution in [0.5, 0.6) is 0 Å². The van der Waals surface area contributed by atoms with Gasteiger partial charge in [0.25, 0.3) is 0 Å². The molecule has 2 nitrogen and oxygen atoms in total. The first-order valence-corrected chi connectivity index (χ1v) is 8.12. The second-order valence-corrected chi connectivity index (χ2v) is 5.87. The van der Waals surface area contributed by atoms with E-state index in [1.54, 1.807) is 0 Å². The average molecular weight is 276 g/mol. The van der Waals surface area contributed by atoms with Gasteiger partial charge in [-0.2, -0.15) is 0 Å². The van der Waals surface area contributed by atoms with Crippen molar-refractivity contribution in [3.8, 4) is 0 Å². The number of likely N-dealkylation sites (N-methyl/N-ethyl adjacent to an activating group) is 2. The molecule has 0 radical (unpaired) electrons. The maximum absolute atomic E-state index is 3.68. The molecule has 114 valence electrons. The molecule has 0 saturated heterocycles. The number of nitrogens with zero attached hydrogens (tertiary/aromatic N) is 1. The van der Waals surface area contributed by atoms with Crippen molar-refractivity contribution in [2.24, 2.45) is 5.92 Å². The fraction of sp³-hybridized carbons (Fsp3) is 0.667. The SMILES string of the molecule is CCNC(c1ccccc1)C(CC)N(C)CC(C)CC. The molecular weight excluding hydrogens is 244 g/mol. The molecule has 0 spiro atoms. The third-order valence-corrected chi connectivity index (χ3v) is 4.25. The largest absolute Gasteiger partial charge is 0.309 e. The molecule has 0 aliphatic carbocycles. The Bertz CT molecular complexity index is 350. The van der Waals surface area contributed by atoms with Gasteiger partial charge in [-0.05, 0) is 31.5 Å². The average Bonchev–Trinajstić information content (AvgIpc) is 2.47. The van der Waals surface area contributed by atoms with E-state index in [0.717, 1.165) is 12.5 Å². The predicted molar refractivity (Wildman–Crippen MR) is 89.0 cm³/mol. The van der Waals surface area contributed by atoms with Crippen LogP contribution in [0.4, 0.5) is 0 Å². The monoisotopic (exact) mass is 276 g/mol. The lowest BCUT2D eigenvalue weighted by molar-refractivity contribution is 0.164. The third kappa shape index (κ3) is 4.92. The van der Waals surface area contributed by atoms with Crippen LogP contribution in [0.25, 0.3) is 0 Å². The van der Waals surface area contributed by atoms with Crippen molar-refractivity contribution < 1.29 is 0 Å². The Morgan fingerprint density at radius 1 is 1.05 bits per heavy atom. The molecule has 2 heteroatoms. The van der Waals surface area contributed by atoms with Gasteiger partial charge in [-0.1, -0.05) is 64.4 Å². The molecule has 0 aromatic heterocycles. The Morgan fingerprint density at radius 2 is 1.70 bits per heavy atom. The molecule has 0 fully saturated rings. The quantitative estimate of drug-likeness (QED) is 0.730. The van der Waals surface area contributed by atoms with Crippen LogP contribution < -0.4 is 5.32 Å². The molecule has 0 aliphatic rings. The second-order valence-electron chi connectivity index (χ2n) is 5.87. The van der Waals surface area contributed by atoms with Gasteiger partial charge < -0.3 is 10.2 Å². The number of rotatable bonds is 9. The van der Waals surface area contributed by atoms with E-state index < -0.39 is 0 Å². The van der Waals surface area contributed by atoms with E-state index >= 15 is 0 Å². The van der Waals surface area contributed by atoms with Crippen molar-refractivity contribution in [1.82, 2.24) is 10.2 Å². The predicted octanol–water partition coefficient (Wildman–Crippen LogP) is 4.09. The van der Waals surface area contributed by atoms with Gasteiger partial charge in [0.2, 0.25) is 0 Å². The number of hydrogen-bond acceptors (Lipinski definition) is 2. The number of nitrogens with one attached hydrogen (secondary N) is 1. The Labute approximate surface area is 125 Å². The first-order valence-electron chi connectivity index (χ1n) is 8.12. The van der Waals surface area contributed by atoms with Crippen molar-refractivity contribution in [3.63, 3.8) is 0 Å². The van der Waals surface area contributed by atoms with Crippen LogP contribution in [0.3, 0.4) is 0 Å². The molecule has 1 aromatic carbocycles. The highest BCUT2D eigenvalue weighted by Crippen LogP contribution is 2.23. The van der Waals surface area contributed by atoms with E-state index in [-0.39, 0.29) is 0 Å². The highest BCUT2D eigenvalue weighted by atomic mass is 15.2. The van der Waals surface area contributed by atoms with Crippen LogP contribution in [0.1, 0.15) is 52.1 Å². The Balaban J connectivity index is 2.86. The molecule has 0 saturated carbocycles. The summed E-state index contributed by atoms with van der Waals surface area (Å²) in [4.78, 5) is 2.54. The molecule has 3 unspecified atom stereocenters. The van der Waals surface area contributed by atoms with E-state index in [1.165, 1.54) is 24.9 Å². The molecular formula is C18H32N2. The van der Waals surface area contributed by atoms with Crippen LogP contribution in [-0.2, 0) is 0 Å². The maximum Gasteiger partial charge on any atom is 0.0477 e. The van der Waals surface area contributed by atoms with E-state index in [2.05, 4.69) is 75.3 Å². The second kappa shape index (κ2) is 9.15. The zero-order chi connectivity index (χ0) is 15.0. The summed E-state index contributed by atoms with van der Waals surface area (Å²) in [6, 6.07) is 11.8. The summed E-state index contributed by atoms with van der Waals surface area (Å²) >= 11 is 0. The van der Waals surface area contributed by atoms with Crippen molar-refractivity contribution >= 4 is 0 Å². The molecule has 1 aromatic rings. The lowest BCUT2D eigenvalue weighted by Gasteiger charge is -2.36. The number of benzene rings is 1. The first-order chi connectivity index (χ1) is 9.63.